The van der Waals surface area contributed by atoms with Crippen LogP contribution in [-0.4, -0.2) is 16.5 Å². The number of nitrogens with zero attached hydrogens (tertiary/aromatic N) is 3. The summed E-state index contributed by atoms with van der Waals surface area (Å²) in [5.74, 6) is 0.936. The molecule has 0 aromatic carbocycles. The van der Waals surface area contributed by atoms with Gasteiger partial charge >= 0.3 is 0 Å². The van der Waals surface area contributed by atoms with Gasteiger partial charge < -0.3 is 4.90 Å². The molecule has 2 rings (SSSR count). The van der Waals surface area contributed by atoms with E-state index in [4.69, 9.17) is 0 Å². The van der Waals surface area contributed by atoms with Crippen molar-refractivity contribution < 1.29 is 0 Å². The van der Waals surface area contributed by atoms with Crippen LogP contribution in [0.5, 0.6) is 0 Å². The van der Waals surface area contributed by atoms with Gasteiger partial charge in [-0.25, -0.2) is 9.97 Å². The Balaban J connectivity index is 2.21. The SMILES string of the molecule is C1=CCN(c2ccncn2)C=C1. The van der Waals surface area contributed by atoms with Crippen LogP contribution in [-0.2, 0) is 0 Å². The summed E-state index contributed by atoms with van der Waals surface area (Å²) in [6, 6.07) is 1.89. The smallest absolute Gasteiger partial charge is 0.136 e. The van der Waals surface area contributed by atoms with Crippen molar-refractivity contribution in [1.82, 2.24) is 9.97 Å². The Morgan fingerprint density at radius 1 is 1.33 bits per heavy atom. The Kier molecular flexibility index (Phi) is 1.86. The Bertz CT molecular complexity index is 303. The molecule has 0 saturated heterocycles. The van der Waals surface area contributed by atoms with Crippen LogP contribution in [0.1, 0.15) is 0 Å². The summed E-state index contributed by atoms with van der Waals surface area (Å²) in [5.41, 5.74) is 0. The van der Waals surface area contributed by atoms with Crippen LogP contribution >= 0.6 is 0 Å². The summed E-state index contributed by atoms with van der Waals surface area (Å²) in [6.07, 6.45) is 11.4. The van der Waals surface area contributed by atoms with E-state index in [1.54, 1.807) is 12.5 Å². The maximum Gasteiger partial charge on any atom is 0.136 e. The van der Waals surface area contributed by atoms with Crippen LogP contribution in [0, 0.1) is 0 Å². The van der Waals surface area contributed by atoms with E-state index >= 15 is 0 Å². The molecule has 0 saturated carbocycles. The topological polar surface area (TPSA) is 29.0 Å². The summed E-state index contributed by atoms with van der Waals surface area (Å²) in [5, 5.41) is 0. The molecule has 0 spiro atoms. The van der Waals surface area contributed by atoms with Gasteiger partial charge in [-0.15, -0.1) is 0 Å². The Morgan fingerprint density at radius 3 is 3.00 bits per heavy atom. The maximum atomic E-state index is 4.13. The molecule has 1 aliphatic rings. The van der Waals surface area contributed by atoms with Gasteiger partial charge in [0.1, 0.15) is 12.1 Å². The zero-order valence-electron chi connectivity index (χ0n) is 6.59. The van der Waals surface area contributed by atoms with Gasteiger partial charge in [-0.2, -0.15) is 0 Å². The van der Waals surface area contributed by atoms with E-state index in [-0.39, 0.29) is 0 Å². The lowest BCUT2D eigenvalue weighted by atomic mass is 10.3. The van der Waals surface area contributed by atoms with Crippen molar-refractivity contribution in [3.63, 3.8) is 0 Å². The van der Waals surface area contributed by atoms with Gasteiger partial charge in [-0.05, 0) is 12.1 Å². The first kappa shape index (κ1) is 7.03. The molecule has 1 aromatic heterocycles. The Hall–Kier alpha value is -1.64. The summed E-state index contributed by atoms with van der Waals surface area (Å²) < 4.78 is 0. The molecule has 1 aromatic rings. The van der Waals surface area contributed by atoms with Crippen molar-refractivity contribution in [3.8, 4) is 0 Å². The quantitative estimate of drug-likeness (QED) is 0.619. The summed E-state index contributed by atoms with van der Waals surface area (Å²) >= 11 is 0. The largest absolute Gasteiger partial charge is 0.329 e. The highest BCUT2D eigenvalue weighted by molar-refractivity contribution is 5.43. The summed E-state index contributed by atoms with van der Waals surface area (Å²) in [4.78, 5) is 10.0. The average molecular weight is 159 g/mol. The molecule has 0 amide bonds. The third-order valence-corrected chi connectivity index (χ3v) is 1.68. The molecule has 0 atom stereocenters. The second-order valence-electron chi connectivity index (χ2n) is 2.49. The fourth-order valence-corrected chi connectivity index (χ4v) is 1.09. The van der Waals surface area contributed by atoms with Gasteiger partial charge in [0.05, 0.1) is 0 Å². The van der Waals surface area contributed by atoms with Gasteiger partial charge in [-0.1, -0.05) is 12.2 Å². The molecule has 0 aliphatic carbocycles. The molecule has 0 radical (unpaired) electrons. The molecule has 60 valence electrons. The van der Waals surface area contributed by atoms with Gasteiger partial charge in [0.15, 0.2) is 0 Å². The highest BCUT2D eigenvalue weighted by atomic mass is 15.2. The minimum atomic E-state index is 0.882. The highest BCUT2D eigenvalue weighted by Crippen LogP contribution is 2.10. The number of anilines is 1. The molecule has 0 bridgehead atoms. The molecule has 3 nitrogen and oxygen atoms in total. The lowest BCUT2D eigenvalue weighted by Gasteiger charge is -2.18. The molecule has 12 heavy (non-hydrogen) atoms. The van der Waals surface area contributed by atoms with E-state index in [9.17, 15) is 0 Å². The van der Waals surface area contributed by atoms with Crippen LogP contribution in [0.3, 0.4) is 0 Å². The van der Waals surface area contributed by atoms with E-state index in [1.165, 1.54) is 0 Å². The molecule has 0 unspecified atom stereocenters. The molecular weight excluding hydrogens is 150 g/mol. The fourth-order valence-electron chi connectivity index (χ4n) is 1.09. The molecule has 0 fully saturated rings. The van der Waals surface area contributed by atoms with Crippen molar-refractivity contribution in [3.05, 3.63) is 43.0 Å². The van der Waals surface area contributed by atoms with Crippen LogP contribution in [0.4, 0.5) is 5.82 Å². The zero-order valence-corrected chi connectivity index (χ0v) is 6.59. The molecule has 3 heteroatoms. The van der Waals surface area contributed by atoms with Crippen molar-refractivity contribution in [2.24, 2.45) is 0 Å². The van der Waals surface area contributed by atoms with Crippen molar-refractivity contribution in [2.45, 2.75) is 0 Å². The maximum absolute atomic E-state index is 4.13. The predicted molar refractivity (Wildman–Crippen MR) is 47.7 cm³/mol. The predicted octanol–water partition coefficient (Wildman–Crippen LogP) is 1.37. The summed E-state index contributed by atoms with van der Waals surface area (Å²) in [6.45, 7) is 0.882. The monoisotopic (exact) mass is 159 g/mol. The molecular formula is C9H9N3. The van der Waals surface area contributed by atoms with Crippen LogP contribution < -0.4 is 4.90 Å². The van der Waals surface area contributed by atoms with E-state index in [0.717, 1.165) is 12.4 Å². The Morgan fingerprint density at radius 2 is 2.33 bits per heavy atom. The van der Waals surface area contributed by atoms with Crippen molar-refractivity contribution >= 4 is 5.82 Å². The van der Waals surface area contributed by atoms with Gasteiger partial charge in [0.2, 0.25) is 0 Å². The van der Waals surface area contributed by atoms with Crippen LogP contribution in [0.15, 0.2) is 43.0 Å². The van der Waals surface area contributed by atoms with E-state index < -0.39 is 0 Å². The van der Waals surface area contributed by atoms with Crippen molar-refractivity contribution in [1.29, 1.82) is 0 Å². The number of aromatic nitrogens is 2. The van der Waals surface area contributed by atoms with Crippen LogP contribution in [0.2, 0.25) is 0 Å². The Labute approximate surface area is 71.1 Å². The molecule has 0 N–H and O–H groups in total. The first-order valence-corrected chi connectivity index (χ1v) is 3.83. The second-order valence-corrected chi connectivity index (χ2v) is 2.49. The van der Waals surface area contributed by atoms with Gasteiger partial charge in [0, 0.05) is 18.9 Å². The third kappa shape index (κ3) is 1.34. The first-order valence-electron chi connectivity index (χ1n) is 3.83. The van der Waals surface area contributed by atoms with E-state index in [1.807, 2.05) is 24.4 Å². The minimum Gasteiger partial charge on any atom is -0.329 e. The lowest BCUT2D eigenvalue weighted by Crippen LogP contribution is -2.18. The van der Waals surface area contributed by atoms with E-state index in [0.29, 0.717) is 0 Å². The highest BCUT2D eigenvalue weighted by Gasteiger charge is 2.02. The fraction of sp³-hybridized carbons (Fsp3) is 0.111. The first-order chi connectivity index (χ1) is 5.97. The van der Waals surface area contributed by atoms with Crippen LogP contribution in [0.25, 0.3) is 0 Å². The number of hydrogen-bond donors (Lipinski definition) is 0. The minimum absolute atomic E-state index is 0.882. The normalized spacial score (nSPS) is 15.2. The number of hydrogen-bond acceptors (Lipinski definition) is 3. The molecule has 1 aliphatic heterocycles. The molecule has 2 heterocycles. The van der Waals surface area contributed by atoms with Crippen molar-refractivity contribution in [2.75, 3.05) is 11.4 Å². The third-order valence-electron chi connectivity index (χ3n) is 1.68. The van der Waals surface area contributed by atoms with E-state index in [2.05, 4.69) is 20.9 Å². The van der Waals surface area contributed by atoms with Gasteiger partial charge in [0.25, 0.3) is 0 Å². The standard InChI is InChI=1S/C9H9N3/c1-2-6-12(7-3-1)9-4-5-10-8-11-9/h1-6,8H,7H2. The number of allylic oxidation sites excluding steroid dienone is 2. The number of rotatable bonds is 1. The lowest BCUT2D eigenvalue weighted by molar-refractivity contribution is 1.01. The zero-order chi connectivity index (χ0) is 8.23. The average Bonchev–Trinajstić information content (AvgIpc) is 2.21. The van der Waals surface area contributed by atoms with Gasteiger partial charge in [-0.3, -0.25) is 0 Å². The summed E-state index contributed by atoms with van der Waals surface area (Å²) in [7, 11) is 0. The second kappa shape index (κ2) is 3.17.